The van der Waals surface area contributed by atoms with Crippen LogP contribution < -0.4 is 16.0 Å². The number of rotatable bonds is 6. The van der Waals surface area contributed by atoms with Crippen LogP contribution in [0.2, 0.25) is 5.02 Å². The zero-order valence-electron chi connectivity index (χ0n) is 13.3. The van der Waals surface area contributed by atoms with E-state index in [2.05, 4.69) is 20.9 Å². The maximum absolute atomic E-state index is 12.0. The molecule has 0 saturated heterocycles. The Bertz CT molecular complexity index is 707. The molecule has 1 heterocycles. The van der Waals surface area contributed by atoms with E-state index in [9.17, 15) is 9.59 Å². The Kier molecular flexibility index (Phi) is 6.57. The molecule has 0 aliphatic heterocycles. The van der Waals surface area contributed by atoms with Gasteiger partial charge in [-0.1, -0.05) is 24.6 Å². The van der Waals surface area contributed by atoms with Gasteiger partial charge in [-0.25, -0.2) is 4.79 Å². The summed E-state index contributed by atoms with van der Waals surface area (Å²) >= 11 is 6.09. The number of benzene rings is 1. The molecule has 0 radical (unpaired) electrons. The number of pyridine rings is 1. The molecule has 6 nitrogen and oxygen atoms in total. The summed E-state index contributed by atoms with van der Waals surface area (Å²) in [6, 6.07) is 8.21. The topological polar surface area (TPSA) is 83.1 Å². The van der Waals surface area contributed by atoms with E-state index in [1.54, 1.807) is 36.7 Å². The fourth-order valence-electron chi connectivity index (χ4n) is 2.00. The molecule has 0 unspecified atom stereocenters. The van der Waals surface area contributed by atoms with E-state index in [0.29, 0.717) is 29.4 Å². The Labute approximate surface area is 145 Å². The molecule has 0 aliphatic rings. The molecule has 0 spiro atoms. The molecule has 126 valence electrons. The number of amides is 3. The zero-order valence-corrected chi connectivity index (χ0v) is 14.1. The number of nitrogens with one attached hydrogen (secondary N) is 3. The fraction of sp³-hybridized carbons (Fsp3) is 0.235. The summed E-state index contributed by atoms with van der Waals surface area (Å²) in [5, 5.41) is 8.54. The number of urea groups is 1. The quantitative estimate of drug-likeness (QED) is 0.744. The number of aromatic nitrogens is 1. The minimum absolute atomic E-state index is 0.0770. The smallest absolute Gasteiger partial charge is 0.319 e. The summed E-state index contributed by atoms with van der Waals surface area (Å²) in [4.78, 5) is 27.6. The Morgan fingerprint density at radius 1 is 1.21 bits per heavy atom. The van der Waals surface area contributed by atoms with Crippen molar-refractivity contribution in [3.8, 4) is 0 Å². The summed E-state index contributed by atoms with van der Waals surface area (Å²) in [5.41, 5.74) is 1.90. The maximum Gasteiger partial charge on any atom is 0.319 e. The molecule has 3 N–H and O–H groups in total. The maximum atomic E-state index is 12.0. The van der Waals surface area contributed by atoms with Gasteiger partial charge in [0.2, 0.25) is 5.91 Å². The summed E-state index contributed by atoms with van der Waals surface area (Å²) in [5.74, 6) is -0.0770. The molecule has 0 atom stereocenters. The standard InChI is InChI=1S/C17H19ClN4O2/c1-2-4-16(23)21-13-6-7-14(18)15(9-13)22-17(24)20-11-12-5-3-8-19-10-12/h3,5-10H,2,4,11H2,1H3,(H,21,23)(H2,20,22,24). The number of nitrogens with zero attached hydrogens (tertiary/aromatic N) is 1. The van der Waals surface area contributed by atoms with Crippen LogP contribution in [0.25, 0.3) is 0 Å². The average Bonchev–Trinajstić information content (AvgIpc) is 2.57. The third-order valence-corrected chi connectivity index (χ3v) is 3.48. The second kappa shape index (κ2) is 8.88. The third kappa shape index (κ3) is 5.55. The van der Waals surface area contributed by atoms with E-state index >= 15 is 0 Å². The highest BCUT2D eigenvalue weighted by molar-refractivity contribution is 6.33. The lowest BCUT2D eigenvalue weighted by Crippen LogP contribution is -2.28. The van der Waals surface area contributed by atoms with E-state index in [1.807, 2.05) is 13.0 Å². The Morgan fingerprint density at radius 3 is 2.75 bits per heavy atom. The van der Waals surface area contributed by atoms with Gasteiger partial charge in [0.05, 0.1) is 10.7 Å². The molecule has 24 heavy (non-hydrogen) atoms. The highest BCUT2D eigenvalue weighted by Crippen LogP contribution is 2.25. The molecule has 7 heteroatoms. The van der Waals surface area contributed by atoms with Gasteiger partial charge in [0, 0.05) is 31.0 Å². The van der Waals surface area contributed by atoms with Gasteiger partial charge >= 0.3 is 6.03 Å². The Balaban J connectivity index is 1.95. The van der Waals surface area contributed by atoms with Crippen LogP contribution in [-0.4, -0.2) is 16.9 Å². The Morgan fingerprint density at radius 2 is 2.04 bits per heavy atom. The lowest BCUT2D eigenvalue weighted by Gasteiger charge is -2.11. The highest BCUT2D eigenvalue weighted by Gasteiger charge is 2.08. The molecule has 0 bridgehead atoms. The van der Waals surface area contributed by atoms with Gasteiger partial charge in [0.1, 0.15) is 0 Å². The monoisotopic (exact) mass is 346 g/mol. The van der Waals surface area contributed by atoms with Crippen LogP contribution in [0.4, 0.5) is 16.2 Å². The van der Waals surface area contributed by atoms with Crippen LogP contribution in [0, 0.1) is 0 Å². The summed E-state index contributed by atoms with van der Waals surface area (Å²) in [7, 11) is 0. The number of carbonyl (C=O) groups excluding carboxylic acids is 2. The molecule has 3 amide bonds. The summed E-state index contributed by atoms with van der Waals surface area (Å²) in [6.45, 7) is 2.28. The van der Waals surface area contributed by atoms with Crippen LogP contribution in [0.1, 0.15) is 25.3 Å². The van der Waals surface area contributed by atoms with Gasteiger partial charge in [-0.2, -0.15) is 0 Å². The molecule has 2 rings (SSSR count). The van der Waals surface area contributed by atoms with Crippen molar-refractivity contribution in [3.63, 3.8) is 0 Å². The normalized spacial score (nSPS) is 10.1. The second-order valence-corrected chi connectivity index (χ2v) is 5.57. The molecule has 1 aromatic carbocycles. The van der Waals surface area contributed by atoms with E-state index in [-0.39, 0.29) is 5.91 Å². The van der Waals surface area contributed by atoms with Crippen molar-refractivity contribution >= 4 is 34.9 Å². The van der Waals surface area contributed by atoms with Crippen molar-refractivity contribution in [2.24, 2.45) is 0 Å². The first-order valence-electron chi connectivity index (χ1n) is 7.61. The Hall–Kier alpha value is -2.60. The first-order chi connectivity index (χ1) is 11.6. The predicted molar refractivity (Wildman–Crippen MR) is 95.1 cm³/mol. The fourth-order valence-corrected chi connectivity index (χ4v) is 2.17. The molecule has 0 aliphatic carbocycles. The lowest BCUT2D eigenvalue weighted by molar-refractivity contribution is -0.116. The molecule has 2 aromatic rings. The van der Waals surface area contributed by atoms with E-state index < -0.39 is 6.03 Å². The first kappa shape index (κ1) is 17.7. The van der Waals surface area contributed by atoms with Crippen molar-refractivity contribution in [1.29, 1.82) is 0 Å². The second-order valence-electron chi connectivity index (χ2n) is 5.16. The minimum atomic E-state index is -0.391. The van der Waals surface area contributed by atoms with Gasteiger partial charge in [0.25, 0.3) is 0 Å². The third-order valence-electron chi connectivity index (χ3n) is 3.15. The van der Waals surface area contributed by atoms with E-state index in [4.69, 9.17) is 11.6 Å². The SMILES string of the molecule is CCCC(=O)Nc1ccc(Cl)c(NC(=O)NCc2cccnc2)c1. The van der Waals surface area contributed by atoms with E-state index in [0.717, 1.165) is 12.0 Å². The predicted octanol–water partition coefficient (Wildman–Crippen LogP) is 3.80. The zero-order chi connectivity index (χ0) is 17.4. The highest BCUT2D eigenvalue weighted by atomic mass is 35.5. The van der Waals surface area contributed by atoms with Crippen LogP contribution in [0.5, 0.6) is 0 Å². The van der Waals surface area contributed by atoms with Gasteiger partial charge in [-0.05, 0) is 36.2 Å². The van der Waals surface area contributed by atoms with Crippen molar-refractivity contribution in [2.45, 2.75) is 26.3 Å². The molecule has 1 aromatic heterocycles. The number of hydrogen-bond donors (Lipinski definition) is 3. The first-order valence-corrected chi connectivity index (χ1v) is 7.99. The van der Waals surface area contributed by atoms with Crippen LogP contribution in [0.15, 0.2) is 42.7 Å². The minimum Gasteiger partial charge on any atom is -0.334 e. The number of halogens is 1. The summed E-state index contributed by atoms with van der Waals surface area (Å²) < 4.78 is 0. The van der Waals surface area contributed by atoms with Crippen molar-refractivity contribution in [2.75, 3.05) is 10.6 Å². The van der Waals surface area contributed by atoms with Gasteiger partial charge in [0.15, 0.2) is 0 Å². The average molecular weight is 347 g/mol. The van der Waals surface area contributed by atoms with Crippen molar-refractivity contribution in [1.82, 2.24) is 10.3 Å². The van der Waals surface area contributed by atoms with E-state index in [1.165, 1.54) is 0 Å². The molecular formula is C17H19ClN4O2. The molecule has 0 fully saturated rings. The van der Waals surface area contributed by atoms with Crippen molar-refractivity contribution in [3.05, 3.63) is 53.3 Å². The van der Waals surface area contributed by atoms with Gasteiger partial charge in [-0.15, -0.1) is 0 Å². The largest absolute Gasteiger partial charge is 0.334 e. The lowest BCUT2D eigenvalue weighted by atomic mass is 10.2. The van der Waals surface area contributed by atoms with Gasteiger partial charge in [-0.3, -0.25) is 9.78 Å². The number of carbonyl (C=O) groups is 2. The van der Waals surface area contributed by atoms with Crippen LogP contribution in [0.3, 0.4) is 0 Å². The van der Waals surface area contributed by atoms with Gasteiger partial charge < -0.3 is 16.0 Å². The van der Waals surface area contributed by atoms with Crippen molar-refractivity contribution < 1.29 is 9.59 Å². The molecule has 0 saturated carbocycles. The molecular weight excluding hydrogens is 328 g/mol. The summed E-state index contributed by atoms with van der Waals surface area (Å²) in [6.07, 6.45) is 4.55. The number of hydrogen-bond acceptors (Lipinski definition) is 3. The number of anilines is 2. The van der Waals surface area contributed by atoms with Crippen LogP contribution >= 0.6 is 11.6 Å². The van der Waals surface area contributed by atoms with Crippen LogP contribution in [-0.2, 0) is 11.3 Å².